The molecule has 1 fully saturated rings. The number of halogens is 1. The Balaban J connectivity index is 1.40. The fourth-order valence-corrected chi connectivity index (χ4v) is 6.18. The van der Waals surface area contributed by atoms with Crippen LogP contribution in [-0.2, 0) is 19.4 Å². The smallest absolute Gasteiger partial charge is 0.223 e. The Morgan fingerprint density at radius 3 is 2.56 bits per heavy atom. The Hall–Kier alpha value is -2.68. The lowest BCUT2D eigenvalue weighted by molar-refractivity contribution is -0.134. The number of aromatic nitrogens is 1. The van der Waals surface area contributed by atoms with Crippen LogP contribution in [0.25, 0.3) is 10.8 Å². The SMILES string of the molecule is COCCN(C(=O)CCS(=O)(=O)c1ccc2cc(Cl)ccc2c1)C1CCN(c2ccnc(C)c2)CC1. The molecule has 0 saturated carbocycles. The van der Waals surface area contributed by atoms with Gasteiger partial charge in [-0.05, 0) is 66.9 Å². The molecule has 4 rings (SSSR count). The first kappa shape index (κ1) is 26.4. The van der Waals surface area contributed by atoms with Crippen molar-refractivity contribution in [2.45, 2.75) is 37.1 Å². The highest BCUT2D eigenvalue weighted by atomic mass is 35.5. The average molecular weight is 530 g/mol. The maximum atomic E-state index is 13.2. The van der Waals surface area contributed by atoms with Crippen LogP contribution in [-0.4, -0.2) is 69.4 Å². The number of carbonyl (C=O) groups is 1. The van der Waals surface area contributed by atoms with E-state index in [1.165, 1.54) is 0 Å². The standard InChI is InChI=1S/C27H32ClN3O4S/c1-20-17-25(7-11-29-20)30-12-8-24(9-13-30)31(14-15-35-2)27(32)10-16-36(33,34)26-6-4-21-18-23(28)5-3-22(21)19-26/h3-7,11,17-19,24H,8-10,12-16H2,1-2H3. The molecule has 1 saturated heterocycles. The van der Waals surface area contributed by atoms with Crippen LogP contribution in [0.1, 0.15) is 25.0 Å². The number of anilines is 1. The quantitative estimate of drug-likeness (QED) is 0.406. The molecule has 9 heteroatoms. The number of sulfone groups is 1. The van der Waals surface area contributed by atoms with Crippen LogP contribution >= 0.6 is 11.6 Å². The lowest BCUT2D eigenvalue weighted by atomic mass is 10.0. The number of pyridine rings is 1. The molecule has 3 aromatic rings. The molecule has 0 spiro atoms. The van der Waals surface area contributed by atoms with E-state index in [1.807, 2.05) is 24.1 Å². The molecular weight excluding hydrogens is 498 g/mol. The van der Waals surface area contributed by atoms with Gasteiger partial charge in [0, 0.05) is 61.8 Å². The zero-order valence-corrected chi connectivity index (χ0v) is 22.3. The predicted molar refractivity (Wildman–Crippen MR) is 143 cm³/mol. The molecule has 0 atom stereocenters. The summed E-state index contributed by atoms with van der Waals surface area (Å²) in [5.41, 5.74) is 2.11. The number of benzene rings is 2. The van der Waals surface area contributed by atoms with Crippen LogP contribution in [0.15, 0.2) is 59.6 Å². The van der Waals surface area contributed by atoms with Crippen molar-refractivity contribution in [3.63, 3.8) is 0 Å². The topological polar surface area (TPSA) is 79.8 Å². The van der Waals surface area contributed by atoms with Crippen LogP contribution in [0.3, 0.4) is 0 Å². The van der Waals surface area contributed by atoms with Crippen LogP contribution in [0.4, 0.5) is 5.69 Å². The molecule has 192 valence electrons. The second kappa shape index (κ2) is 11.6. The summed E-state index contributed by atoms with van der Waals surface area (Å²) in [6.07, 6.45) is 3.39. The van der Waals surface area contributed by atoms with Crippen LogP contribution < -0.4 is 4.90 Å². The van der Waals surface area contributed by atoms with E-state index in [9.17, 15) is 13.2 Å². The van der Waals surface area contributed by atoms with Gasteiger partial charge >= 0.3 is 0 Å². The largest absolute Gasteiger partial charge is 0.383 e. The van der Waals surface area contributed by atoms with Gasteiger partial charge in [-0.25, -0.2) is 8.42 Å². The molecule has 1 aromatic heterocycles. The van der Waals surface area contributed by atoms with Crippen molar-refractivity contribution in [2.24, 2.45) is 0 Å². The lowest BCUT2D eigenvalue weighted by Crippen LogP contribution is -2.49. The highest BCUT2D eigenvalue weighted by molar-refractivity contribution is 7.91. The lowest BCUT2D eigenvalue weighted by Gasteiger charge is -2.39. The van der Waals surface area contributed by atoms with Gasteiger partial charge in [-0.3, -0.25) is 9.78 Å². The van der Waals surface area contributed by atoms with Crippen molar-refractivity contribution >= 4 is 43.8 Å². The summed E-state index contributed by atoms with van der Waals surface area (Å²) in [7, 11) is -2.01. The van der Waals surface area contributed by atoms with Crippen molar-refractivity contribution in [3.05, 3.63) is 65.4 Å². The number of methoxy groups -OCH3 is 1. The molecule has 1 aliphatic rings. The second-order valence-corrected chi connectivity index (χ2v) is 11.7. The maximum Gasteiger partial charge on any atom is 0.223 e. The predicted octanol–water partition coefficient (Wildman–Crippen LogP) is 4.50. The van der Waals surface area contributed by atoms with E-state index in [0.717, 1.165) is 48.1 Å². The first-order valence-corrected chi connectivity index (χ1v) is 14.2. The van der Waals surface area contributed by atoms with Gasteiger partial charge in [-0.2, -0.15) is 0 Å². The number of hydrogen-bond donors (Lipinski definition) is 0. The van der Waals surface area contributed by atoms with Gasteiger partial charge in [-0.1, -0.05) is 23.7 Å². The number of fused-ring (bicyclic) bond motifs is 1. The van der Waals surface area contributed by atoms with Crippen molar-refractivity contribution in [1.82, 2.24) is 9.88 Å². The van der Waals surface area contributed by atoms with Gasteiger partial charge in [0.15, 0.2) is 9.84 Å². The molecule has 0 unspecified atom stereocenters. The van der Waals surface area contributed by atoms with Crippen LogP contribution in [0.5, 0.6) is 0 Å². The summed E-state index contributed by atoms with van der Waals surface area (Å²) < 4.78 is 31.4. The fraction of sp³-hybridized carbons (Fsp3) is 0.407. The summed E-state index contributed by atoms with van der Waals surface area (Å²) in [6.45, 7) is 4.48. The highest BCUT2D eigenvalue weighted by Crippen LogP contribution is 2.25. The van der Waals surface area contributed by atoms with E-state index >= 15 is 0 Å². The minimum atomic E-state index is -3.62. The number of amides is 1. The Labute approximate surface area is 217 Å². The summed E-state index contributed by atoms with van der Waals surface area (Å²) in [6, 6.07) is 14.4. The number of piperidine rings is 1. The minimum absolute atomic E-state index is 0.0555. The van der Waals surface area contributed by atoms with Gasteiger partial charge in [-0.15, -0.1) is 0 Å². The van der Waals surface area contributed by atoms with Crippen molar-refractivity contribution in [2.75, 3.05) is 44.0 Å². The van der Waals surface area contributed by atoms with Crippen LogP contribution in [0, 0.1) is 6.92 Å². The van der Waals surface area contributed by atoms with Crippen molar-refractivity contribution < 1.29 is 17.9 Å². The molecule has 0 radical (unpaired) electrons. The molecule has 0 bridgehead atoms. The van der Waals surface area contributed by atoms with Gasteiger partial charge in [0.2, 0.25) is 5.91 Å². The Bertz CT molecular complexity index is 1320. The average Bonchev–Trinajstić information content (AvgIpc) is 2.87. The van der Waals surface area contributed by atoms with Crippen LogP contribution in [0.2, 0.25) is 5.02 Å². The number of carbonyl (C=O) groups excluding carboxylic acids is 1. The Morgan fingerprint density at radius 2 is 1.83 bits per heavy atom. The van der Waals surface area contributed by atoms with Crippen molar-refractivity contribution in [1.29, 1.82) is 0 Å². The third kappa shape index (κ3) is 6.35. The highest BCUT2D eigenvalue weighted by Gasteiger charge is 2.29. The minimum Gasteiger partial charge on any atom is -0.383 e. The Kier molecular flexibility index (Phi) is 8.49. The van der Waals surface area contributed by atoms with Crippen molar-refractivity contribution in [3.8, 4) is 0 Å². The van der Waals surface area contributed by atoms with E-state index in [4.69, 9.17) is 16.3 Å². The molecule has 0 aliphatic carbocycles. The first-order chi connectivity index (χ1) is 17.3. The number of aryl methyl sites for hydroxylation is 1. The zero-order chi connectivity index (χ0) is 25.7. The summed E-state index contributed by atoms with van der Waals surface area (Å²) >= 11 is 6.03. The summed E-state index contributed by atoms with van der Waals surface area (Å²) in [5.74, 6) is -0.384. The van der Waals surface area contributed by atoms with E-state index in [1.54, 1.807) is 43.5 Å². The van der Waals surface area contributed by atoms with Gasteiger partial charge < -0.3 is 14.5 Å². The molecule has 1 aliphatic heterocycles. The molecule has 2 heterocycles. The summed E-state index contributed by atoms with van der Waals surface area (Å²) in [5, 5.41) is 2.27. The summed E-state index contributed by atoms with van der Waals surface area (Å²) in [4.78, 5) is 21.8. The fourth-order valence-electron chi connectivity index (χ4n) is 4.73. The van der Waals surface area contributed by atoms with Gasteiger partial charge in [0.25, 0.3) is 0 Å². The molecular formula is C27H32ClN3O4S. The van der Waals surface area contributed by atoms with E-state index in [2.05, 4.69) is 16.0 Å². The van der Waals surface area contributed by atoms with E-state index in [-0.39, 0.29) is 29.0 Å². The number of ether oxygens (including phenoxy) is 1. The maximum absolute atomic E-state index is 13.2. The molecule has 7 nitrogen and oxygen atoms in total. The first-order valence-electron chi connectivity index (χ1n) is 12.1. The van der Waals surface area contributed by atoms with Gasteiger partial charge in [0.1, 0.15) is 0 Å². The number of hydrogen-bond acceptors (Lipinski definition) is 6. The molecule has 2 aromatic carbocycles. The molecule has 36 heavy (non-hydrogen) atoms. The van der Waals surface area contributed by atoms with Gasteiger partial charge in [0.05, 0.1) is 17.3 Å². The van der Waals surface area contributed by atoms with E-state index < -0.39 is 9.84 Å². The zero-order valence-electron chi connectivity index (χ0n) is 20.7. The molecule has 1 amide bonds. The van der Waals surface area contributed by atoms with E-state index in [0.29, 0.717) is 18.2 Å². The number of nitrogens with zero attached hydrogens (tertiary/aromatic N) is 3. The third-order valence-electron chi connectivity index (χ3n) is 6.72. The number of rotatable bonds is 9. The molecule has 0 N–H and O–H groups in total. The monoisotopic (exact) mass is 529 g/mol. The Morgan fingerprint density at radius 1 is 1.11 bits per heavy atom. The second-order valence-electron chi connectivity index (χ2n) is 9.18. The third-order valence-corrected chi connectivity index (χ3v) is 8.67. The normalized spacial score (nSPS) is 14.8.